The average molecular weight is 291 g/mol. The molecule has 0 unspecified atom stereocenters. The molecular formula is C13H13N3O5. The van der Waals surface area contributed by atoms with Crippen molar-refractivity contribution in [3.63, 3.8) is 0 Å². The van der Waals surface area contributed by atoms with Gasteiger partial charge in [-0.3, -0.25) is 19.8 Å². The summed E-state index contributed by atoms with van der Waals surface area (Å²) in [6, 6.07) is 3.77. The zero-order valence-corrected chi connectivity index (χ0v) is 11.5. The van der Waals surface area contributed by atoms with E-state index >= 15 is 0 Å². The minimum Gasteiger partial charge on any atom is -0.490 e. The third-order valence-corrected chi connectivity index (χ3v) is 2.99. The molecule has 8 nitrogen and oxygen atoms in total. The van der Waals surface area contributed by atoms with E-state index in [1.54, 1.807) is 13.0 Å². The highest BCUT2D eigenvalue weighted by molar-refractivity contribution is 6.13. The molecule has 0 saturated carbocycles. The summed E-state index contributed by atoms with van der Waals surface area (Å²) in [5.74, 6) is -0.333. The Kier molecular flexibility index (Phi) is 3.88. The molecular weight excluding hydrogens is 278 g/mol. The number of likely N-dealkylation sites (N-methyl/N-ethyl adjacent to an activating group) is 1. The summed E-state index contributed by atoms with van der Waals surface area (Å²) in [6.07, 6.45) is 1.39. The molecule has 2 rings (SSSR count). The molecule has 0 aliphatic carbocycles. The average Bonchev–Trinajstić information content (AvgIpc) is 2.72. The molecule has 1 heterocycles. The summed E-state index contributed by atoms with van der Waals surface area (Å²) < 4.78 is 4.90. The lowest BCUT2D eigenvalue weighted by molar-refractivity contribution is -0.385. The second-order valence-corrected chi connectivity index (χ2v) is 4.23. The van der Waals surface area contributed by atoms with E-state index in [1.807, 2.05) is 0 Å². The Morgan fingerprint density at radius 2 is 2.14 bits per heavy atom. The zero-order chi connectivity index (χ0) is 15.6. The molecule has 8 heteroatoms. The molecule has 0 bridgehead atoms. The maximum atomic E-state index is 11.9. The van der Waals surface area contributed by atoms with E-state index in [9.17, 15) is 19.7 Å². The van der Waals surface area contributed by atoms with Crippen LogP contribution in [0.5, 0.6) is 5.75 Å². The monoisotopic (exact) mass is 291 g/mol. The van der Waals surface area contributed by atoms with E-state index in [0.717, 1.165) is 4.90 Å². The molecule has 3 amide bonds. The van der Waals surface area contributed by atoms with Crippen LogP contribution >= 0.6 is 0 Å². The van der Waals surface area contributed by atoms with Gasteiger partial charge >= 0.3 is 11.7 Å². The summed E-state index contributed by atoms with van der Waals surface area (Å²) in [5.41, 5.74) is 0.293. The SMILES string of the molecule is CCN1C(=O)N/C(=C/c2ccc(OC)c([N+](=O)[O-])c2)C1=O. The Hall–Kier alpha value is -2.90. The van der Waals surface area contributed by atoms with Crippen LogP contribution in [-0.4, -0.2) is 35.4 Å². The number of benzene rings is 1. The lowest BCUT2D eigenvalue weighted by Gasteiger charge is -2.06. The maximum Gasteiger partial charge on any atom is 0.328 e. The van der Waals surface area contributed by atoms with Gasteiger partial charge in [0.2, 0.25) is 0 Å². The smallest absolute Gasteiger partial charge is 0.328 e. The molecule has 21 heavy (non-hydrogen) atoms. The first kappa shape index (κ1) is 14.5. The standard InChI is InChI=1S/C13H13N3O5/c1-3-15-12(17)9(14-13(15)18)6-8-4-5-11(21-2)10(7-8)16(19)20/h4-7H,3H2,1-2H3,(H,14,18)/b9-6+. The van der Waals surface area contributed by atoms with Crippen LogP contribution in [-0.2, 0) is 4.79 Å². The number of nitrogens with zero attached hydrogens (tertiary/aromatic N) is 2. The van der Waals surface area contributed by atoms with Crippen molar-refractivity contribution >= 4 is 23.7 Å². The minimum absolute atomic E-state index is 0.0846. The van der Waals surface area contributed by atoms with Crippen molar-refractivity contribution in [1.29, 1.82) is 0 Å². The van der Waals surface area contributed by atoms with Crippen molar-refractivity contribution in [3.05, 3.63) is 39.6 Å². The maximum absolute atomic E-state index is 11.9. The fourth-order valence-corrected chi connectivity index (χ4v) is 1.96. The van der Waals surface area contributed by atoms with E-state index in [1.165, 1.54) is 25.3 Å². The van der Waals surface area contributed by atoms with Crippen LogP contribution < -0.4 is 10.1 Å². The first-order chi connectivity index (χ1) is 9.97. The van der Waals surface area contributed by atoms with E-state index in [4.69, 9.17) is 4.74 Å². The number of rotatable bonds is 4. The fraction of sp³-hybridized carbons (Fsp3) is 0.231. The first-order valence-corrected chi connectivity index (χ1v) is 6.15. The topological polar surface area (TPSA) is 102 Å². The number of amides is 3. The van der Waals surface area contributed by atoms with Crippen molar-refractivity contribution in [2.75, 3.05) is 13.7 Å². The highest BCUT2D eigenvalue weighted by Gasteiger charge is 2.32. The summed E-state index contributed by atoms with van der Waals surface area (Å²) in [6.45, 7) is 1.93. The van der Waals surface area contributed by atoms with Crippen molar-refractivity contribution < 1.29 is 19.2 Å². The van der Waals surface area contributed by atoms with Crippen LogP contribution in [0.25, 0.3) is 6.08 Å². The normalized spacial score (nSPS) is 16.3. The Bertz CT molecular complexity index is 653. The van der Waals surface area contributed by atoms with Gasteiger partial charge in [-0.05, 0) is 24.6 Å². The van der Waals surface area contributed by atoms with E-state index in [0.29, 0.717) is 5.56 Å². The Morgan fingerprint density at radius 1 is 1.43 bits per heavy atom. The quantitative estimate of drug-likeness (QED) is 0.392. The number of carbonyl (C=O) groups is 2. The predicted molar refractivity (Wildman–Crippen MR) is 73.5 cm³/mol. The Balaban J connectivity index is 2.38. The van der Waals surface area contributed by atoms with Gasteiger partial charge in [0.05, 0.1) is 12.0 Å². The van der Waals surface area contributed by atoms with Crippen molar-refractivity contribution in [1.82, 2.24) is 10.2 Å². The summed E-state index contributed by atoms with van der Waals surface area (Å²) in [5, 5.41) is 13.4. The summed E-state index contributed by atoms with van der Waals surface area (Å²) in [7, 11) is 1.33. The van der Waals surface area contributed by atoms with Crippen LogP contribution in [0.1, 0.15) is 12.5 Å². The first-order valence-electron chi connectivity index (χ1n) is 6.15. The summed E-state index contributed by atoms with van der Waals surface area (Å²) in [4.78, 5) is 34.8. The second-order valence-electron chi connectivity index (χ2n) is 4.23. The number of urea groups is 1. The van der Waals surface area contributed by atoms with Gasteiger partial charge in [0.25, 0.3) is 5.91 Å². The van der Waals surface area contributed by atoms with Crippen molar-refractivity contribution in [2.24, 2.45) is 0 Å². The van der Waals surface area contributed by atoms with Crippen LogP contribution in [0.3, 0.4) is 0 Å². The van der Waals surface area contributed by atoms with E-state index in [-0.39, 0.29) is 23.7 Å². The third kappa shape index (κ3) is 2.69. The molecule has 110 valence electrons. The zero-order valence-electron chi connectivity index (χ0n) is 11.5. The highest BCUT2D eigenvalue weighted by atomic mass is 16.6. The molecule has 0 spiro atoms. The molecule has 0 radical (unpaired) electrons. The van der Waals surface area contributed by atoms with Crippen molar-refractivity contribution in [3.8, 4) is 5.75 Å². The lowest BCUT2D eigenvalue weighted by Crippen LogP contribution is -2.30. The number of methoxy groups -OCH3 is 1. The van der Waals surface area contributed by atoms with Crippen molar-refractivity contribution in [2.45, 2.75) is 6.92 Å². The van der Waals surface area contributed by atoms with Gasteiger partial charge in [0.15, 0.2) is 5.75 Å². The summed E-state index contributed by atoms with van der Waals surface area (Å²) >= 11 is 0. The molecule has 1 aromatic rings. The van der Waals surface area contributed by atoms with E-state index in [2.05, 4.69) is 5.32 Å². The molecule has 0 aromatic heterocycles. The molecule has 0 atom stereocenters. The molecule has 1 N–H and O–H groups in total. The number of hydrogen-bond acceptors (Lipinski definition) is 5. The van der Waals surface area contributed by atoms with Gasteiger partial charge in [-0.25, -0.2) is 4.79 Å². The van der Waals surface area contributed by atoms with E-state index < -0.39 is 16.9 Å². The molecule has 1 aromatic carbocycles. The van der Waals surface area contributed by atoms with Crippen LogP contribution in [0, 0.1) is 10.1 Å². The largest absolute Gasteiger partial charge is 0.490 e. The number of nitro groups is 1. The fourth-order valence-electron chi connectivity index (χ4n) is 1.96. The Morgan fingerprint density at radius 3 is 2.67 bits per heavy atom. The molecule has 1 saturated heterocycles. The van der Waals surface area contributed by atoms with Gasteiger partial charge in [-0.15, -0.1) is 0 Å². The lowest BCUT2D eigenvalue weighted by atomic mass is 10.1. The highest BCUT2D eigenvalue weighted by Crippen LogP contribution is 2.28. The number of imide groups is 1. The van der Waals surface area contributed by atoms with Crippen LogP contribution in [0.15, 0.2) is 23.9 Å². The van der Waals surface area contributed by atoms with Gasteiger partial charge in [-0.1, -0.05) is 6.07 Å². The molecule has 1 aliphatic rings. The number of nitro benzene ring substituents is 1. The number of nitrogens with one attached hydrogen (secondary N) is 1. The second kappa shape index (κ2) is 5.61. The van der Waals surface area contributed by atoms with Crippen LogP contribution in [0.2, 0.25) is 0 Å². The van der Waals surface area contributed by atoms with Gasteiger partial charge in [0.1, 0.15) is 5.70 Å². The number of hydrogen-bond donors (Lipinski definition) is 1. The number of carbonyl (C=O) groups excluding carboxylic acids is 2. The molecule has 1 fully saturated rings. The molecule has 1 aliphatic heterocycles. The third-order valence-electron chi connectivity index (χ3n) is 2.99. The van der Waals surface area contributed by atoms with Gasteiger partial charge in [0, 0.05) is 12.6 Å². The van der Waals surface area contributed by atoms with Gasteiger partial charge < -0.3 is 10.1 Å². The van der Waals surface area contributed by atoms with Gasteiger partial charge in [-0.2, -0.15) is 0 Å². The van der Waals surface area contributed by atoms with Crippen LogP contribution in [0.4, 0.5) is 10.5 Å². The minimum atomic E-state index is -0.575. The predicted octanol–water partition coefficient (Wildman–Crippen LogP) is 1.52. The Labute approximate surface area is 120 Å². The number of ether oxygens (including phenoxy) is 1.